The number of hydrogen-bond donors (Lipinski definition) is 1. The number of hydrogen-bond acceptors (Lipinski definition) is 4. The molecule has 0 unspecified atom stereocenters. The van der Waals surface area contributed by atoms with E-state index in [1.165, 1.54) is 6.42 Å². The van der Waals surface area contributed by atoms with Gasteiger partial charge in [0, 0.05) is 19.6 Å². The van der Waals surface area contributed by atoms with Gasteiger partial charge in [0.15, 0.2) is 6.29 Å². The van der Waals surface area contributed by atoms with Crippen LogP contribution in [0.4, 0.5) is 0 Å². The summed E-state index contributed by atoms with van der Waals surface area (Å²) in [6, 6.07) is 9.93. The Labute approximate surface area is 140 Å². The molecule has 2 rings (SSSR count). The summed E-state index contributed by atoms with van der Waals surface area (Å²) in [5.74, 6) is -0.833. The van der Waals surface area contributed by atoms with E-state index < -0.39 is 5.97 Å². The van der Waals surface area contributed by atoms with Crippen LogP contribution >= 0.6 is 0 Å². The van der Waals surface area contributed by atoms with E-state index in [1.807, 2.05) is 44.2 Å². The van der Waals surface area contributed by atoms with Crippen molar-refractivity contribution in [2.75, 3.05) is 20.3 Å². The zero-order valence-corrected chi connectivity index (χ0v) is 15.2. The van der Waals surface area contributed by atoms with Crippen LogP contribution in [0.5, 0.6) is 0 Å². The van der Waals surface area contributed by atoms with E-state index in [-0.39, 0.29) is 12.4 Å². The van der Waals surface area contributed by atoms with Gasteiger partial charge in [-0.2, -0.15) is 0 Å². The summed E-state index contributed by atoms with van der Waals surface area (Å²) in [6.07, 6.45) is 1.08. The third-order valence-corrected chi connectivity index (χ3v) is 2.27. The van der Waals surface area contributed by atoms with Crippen LogP contribution in [0, 0.1) is 0 Å². The SMILES string of the molecule is CC.CC(=O)O.CCC.COC1COC(c2ccccc2)OC1. The Kier molecular flexibility index (Phi) is 17.5. The highest BCUT2D eigenvalue weighted by Gasteiger charge is 2.22. The van der Waals surface area contributed by atoms with Crippen LogP contribution < -0.4 is 0 Å². The van der Waals surface area contributed by atoms with Crippen LogP contribution in [0.2, 0.25) is 0 Å². The van der Waals surface area contributed by atoms with Gasteiger partial charge in [-0.25, -0.2) is 0 Å². The maximum atomic E-state index is 9.00. The largest absolute Gasteiger partial charge is 0.481 e. The van der Waals surface area contributed by atoms with Gasteiger partial charge in [0.05, 0.1) is 13.2 Å². The van der Waals surface area contributed by atoms with Crippen molar-refractivity contribution in [1.29, 1.82) is 0 Å². The predicted molar refractivity (Wildman–Crippen MR) is 92.5 cm³/mol. The molecule has 0 spiro atoms. The Balaban J connectivity index is 0. The van der Waals surface area contributed by atoms with Crippen LogP contribution in [0.3, 0.4) is 0 Å². The molecule has 134 valence electrons. The molecule has 1 aliphatic rings. The van der Waals surface area contributed by atoms with E-state index in [0.29, 0.717) is 13.2 Å². The monoisotopic (exact) mass is 328 g/mol. The second kappa shape index (κ2) is 16.9. The molecule has 5 heteroatoms. The molecular formula is C18H32O5. The lowest BCUT2D eigenvalue weighted by Crippen LogP contribution is -2.32. The maximum absolute atomic E-state index is 9.00. The fraction of sp³-hybridized carbons (Fsp3) is 0.611. The Hall–Kier alpha value is -1.43. The molecule has 1 aromatic rings. The third-order valence-electron chi connectivity index (χ3n) is 2.27. The van der Waals surface area contributed by atoms with E-state index >= 15 is 0 Å². The lowest BCUT2D eigenvalue weighted by Gasteiger charge is -2.28. The first-order valence-electron chi connectivity index (χ1n) is 8.05. The molecule has 0 bridgehead atoms. The van der Waals surface area contributed by atoms with E-state index in [2.05, 4.69) is 13.8 Å². The van der Waals surface area contributed by atoms with Gasteiger partial charge >= 0.3 is 0 Å². The van der Waals surface area contributed by atoms with Gasteiger partial charge in [0.1, 0.15) is 6.10 Å². The minimum atomic E-state index is -0.833. The molecule has 0 saturated carbocycles. The van der Waals surface area contributed by atoms with Gasteiger partial charge in [0.25, 0.3) is 5.97 Å². The molecule has 0 aromatic heterocycles. The van der Waals surface area contributed by atoms with Crippen molar-refractivity contribution in [3.63, 3.8) is 0 Å². The second-order valence-corrected chi connectivity index (χ2v) is 4.49. The Bertz CT molecular complexity index is 355. The quantitative estimate of drug-likeness (QED) is 0.878. The molecule has 23 heavy (non-hydrogen) atoms. The van der Waals surface area contributed by atoms with Crippen molar-refractivity contribution >= 4 is 5.97 Å². The van der Waals surface area contributed by atoms with Crippen LogP contribution in [0.25, 0.3) is 0 Å². The van der Waals surface area contributed by atoms with Crippen molar-refractivity contribution in [2.45, 2.75) is 53.4 Å². The molecule has 0 amide bonds. The molecule has 5 nitrogen and oxygen atoms in total. The highest BCUT2D eigenvalue weighted by Crippen LogP contribution is 2.22. The summed E-state index contributed by atoms with van der Waals surface area (Å²) >= 11 is 0. The van der Waals surface area contributed by atoms with Gasteiger partial charge in [-0.1, -0.05) is 64.4 Å². The third kappa shape index (κ3) is 13.9. The molecule has 0 radical (unpaired) electrons. The highest BCUT2D eigenvalue weighted by atomic mass is 16.7. The van der Waals surface area contributed by atoms with Gasteiger partial charge in [-0.3, -0.25) is 4.79 Å². The Morgan fingerprint density at radius 2 is 1.57 bits per heavy atom. The number of aliphatic carboxylic acids is 1. The fourth-order valence-electron chi connectivity index (χ4n) is 1.42. The molecule has 1 N–H and O–H groups in total. The minimum Gasteiger partial charge on any atom is -0.481 e. The van der Waals surface area contributed by atoms with Crippen molar-refractivity contribution in [3.8, 4) is 0 Å². The number of ether oxygens (including phenoxy) is 3. The number of methoxy groups -OCH3 is 1. The molecular weight excluding hydrogens is 296 g/mol. The van der Waals surface area contributed by atoms with Gasteiger partial charge in [-0.05, 0) is 0 Å². The number of carboxylic acids is 1. The average molecular weight is 328 g/mol. The summed E-state index contributed by atoms with van der Waals surface area (Å²) in [5.41, 5.74) is 1.06. The van der Waals surface area contributed by atoms with E-state index in [9.17, 15) is 0 Å². The molecule has 0 atom stereocenters. The normalized spacial score (nSPS) is 18.9. The van der Waals surface area contributed by atoms with Gasteiger partial charge < -0.3 is 19.3 Å². The first-order valence-corrected chi connectivity index (χ1v) is 8.05. The molecule has 1 aliphatic heterocycles. The molecule has 1 fully saturated rings. The molecule has 1 aromatic carbocycles. The maximum Gasteiger partial charge on any atom is 0.300 e. The van der Waals surface area contributed by atoms with Crippen molar-refractivity contribution in [3.05, 3.63) is 35.9 Å². The molecule has 1 saturated heterocycles. The smallest absolute Gasteiger partial charge is 0.300 e. The zero-order chi connectivity index (χ0) is 18.1. The fourth-order valence-corrected chi connectivity index (χ4v) is 1.42. The summed E-state index contributed by atoms with van der Waals surface area (Å²) in [5, 5.41) is 7.42. The number of rotatable bonds is 2. The van der Waals surface area contributed by atoms with Crippen LogP contribution in [0.1, 0.15) is 52.9 Å². The summed E-state index contributed by atoms with van der Waals surface area (Å²) in [7, 11) is 1.67. The molecule has 1 heterocycles. The van der Waals surface area contributed by atoms with Gasteiger partial charge in [-0.15, -0.1) is 0 Å². The van der Waals surface area contributed by atoms with Crippen molar-refractivity contribution in [2.24, 2.45) is 0 Å². The highest BCUT2D eigenvalue weighted by molar-refractivity contribution is 5.62. The standard InChI is InChI=1S/C11H14O3.C3H8.C2H4O2.C2H6/c1-12-10-7-13-11(14-8-10)9-5-3-2-4-6-9;1-3-2;1-2(3)4;1-2/h2-6,10-11H,7-8H2,1H3;3H2,1-2H3;1H3,(H,3,4);1-2H3. The van der Waals surface area contributed by atoms with Crippen LogP contribution in [0.15, 0.2) is 30.3 Å². The summed E-state index contributed by atoms with van der Waals surface area (Å²) < 4.78 is 16.2. The van der Waals surface area contributed by atoms with Crippen molar-refractivity contribution < 1.29 is 24.1 Å². The number of carbonyl (C=O) groups is 1. The predicted octanol–water partition coefficient (Wildman–Crippen LogP) is 4.28. The van der Waals surface area contributed by atoms with Crippen LogP contribution in [-0.4, -0.2) is 37.5 Å². The summed E-state index contributed by atoms with van der Waals surface area (Å²) in [6.45, 7) is 10.5. The Morgan fingerprint density at radius 3 is 1.91 bits per heavy atom. The first-order chi connectivity index (χ1) is 11.0. The number of carboxylic acid groups (broad SMARTS) is 1. The first kappa shape index (κ1) is 23.8. The topological polar surface area (TPSA) is 65.0 Å². The van der Waals surface area contributed by atoms with Crippen molar-refractivity contribution in [1.82, 2.24) is 0 Å². The lowest BCUT2D eigenvalue weighted by molar-refractivity contribution is -0.225. The van der Waals surface area contributed by atoms with E-state index in [1.54, 1.807) is 7.11 Å². The summed E-state index contributed by atoms with van der Waals surface area (Å²) in [4.78, 5) is 9.00. The minimum absolute atomic E-state index is 0.0648. The molecule has 0 aliphatic carbocycles. The Morgan fingerprint density at radius 1 is 1.17 bits per heavy atom. The van der Waals surface area contributed by atoms with E-state index in [0.717, 1.165) is 12.5 Å². The number of benzene rings is 1. The van der Waals surface area contributed by atoms with Gasteiger partial charge in [0.2, 0.25) is 0 Å². The van der Waals surface area contributed by atoms with E-state index in [4.69, 9.17) is 24.1 Å². The lowest BCUT2D eigenvalue weighted by atomic mass is 10.2. The second-order valence-electron chi connectivity index (χ2n) is 4.49. The zero-order valence-electron chi connectivity index (χ0n) is 15.2. The average Bonchev–Trinajstić information content (AvgIpc) is 2.58. The van der Waals surface area contributed by atoms with Crippen LogP contribution in [-0.2, 0) is 19.0 Å².